The van der Waals surface area contributed by atoms with Crippen molar-refractivity contribution < 1.29 is 27.4 Å². The van der Waals surface area contributed by atoms with Gasteiger partial charge in [0.25, 0.3) is 5.91 Å². The molecule has 2 heterocycles. The Hall–Kier alpha value is -2.66. The summed E-state index contributed by atoms with van der Waals surface area (Å²) < 4.78 is 44.2. The van der Waals surface area contributed by atoms with Gasteiger partial charge in [0, 0.05) is 31.9 Å². The zero-order valence-corrected chi connectivity index (χ0v) is 19.5. The molecule has 1 amide bonds. The van der Waals surface area contributed by atoms with Crippen LogP contribution in [0, 0.1) is 0 Å². The number of carbonyl (C=O) groups is 1. The number of benzene rings is 2. The van der Waals surface area contributed by atoms with E-state index in [-0.39, 0.29) is 23.5 Å². The fourth-order valence-corrected chi connectivity index (χ4v) is 5.35. The first-order valence-corrected chi connectivity index (χ1v) is 12.5. The molecule has 10 heteroatoms. The number of sulfonamides is 1. The summed E-state index contributed by atoms with van der Waals surface area (Å²) in [6, 6.07) is 11.9. The lowest BCUT2D eigenvalue weighted by molar-refractivity contribution is 0.0730. The molecule has 33 heavy (non-hydrogen) atoms. The monoisotopic (exact) mass is 475 g/mol. The average molecular weight is 476 g/mol. The number of anilines is 2. The molecule has 9 nitrogen and oxygen atoms in total. The summed E-state index contributed by atoms with van der Waals surface area (Å²) in [5, 5.41) is 2.90. The van der Waals surface area contributed by atoms with Crippen LogP contribution in [0.25, 0.3) is 0 Å². The number of morpholine rings is 2. The maximum atomic E-state index is 13.4. The van der Waals surface area contributed by atoms with Gasteiger partial charge in [-0.05, 0) is 37.3 Å². The van der Waals surface area contributed by atoms with Crippen molar-refractivity contribution in [2.75, 3.05) is 69.4 Å². The van der Waals surface area contributed by atoms with E-state index in [0.717, 1.165) is 0 Å². The highest BCUT2D eigenvalue weighted by atomic mass is 32.2. The Morgan fingerprint density at radius 1 is 1.00 bits per heavy atom. The Bertz CT molecular complexity index is 1080. The van der Waals surface area contributed by atoms with Crippen LogP contribution in [0.4, 0.5) is 11.4 Å². The van der Waals surface area contributed by atoms with E-state index < -0.39 is 15.9 Å². The molecule has 2 saturated heterocycles. The van der Waals surface area contributed by atoms with Crippen molar-refractivity contribution in [3.63, 3.8) is 0 Å². The largest absolute Gasteiger partial charge is 0.492 e. The molecule has 0 unspecified atom stereocenters. The van der Waals surface area contributed by atoms with Crippen LogP contribution < -0.4 is 15.0 Å². The number of rotatable bonds is 7. The number of amides is 1. The molecule has 178 valence electrons. The molecule has 2 aromatic rings. The van der Waals surface area contributed by atoms with Gasteiger partial charge in [-0.15, -0.1) is 0 Å². The van der Waals surface area contributed by atoms with Crippen LogP contribution in [0.5, 0.6) is 5.75 Å². The fraction of sp³-hybridized carbons (Fsp3) is 0.435. The van der Waals surface area contributed by atoms with Gasteiger partial charge in [-0.25, -0.2) is 8.42 Å². The normalized spacial score (nSPS) is 17.5. The fourth-order valence-electron chi connectivity index (χ4n) is 3.91. The Balaban J connectivity index is 1.70. The average Bonchev–Trinajstić information content (AvgIpc) is 2.86. The predicted molar refractivity (Wildman–Crippen MR) is 125 cm³/mol. The number of hydrogen-bond acceptors (Lipinski definition) is 7. The van der Waals surface area contributed by atoms with Crippen LogP contribution in [0.15, 0.2) is 47.4 Å². The second kappa shape index (κ2) is 10.5. The third-order valence-corrected chi connectivity index (χ3v) is 7.50. The molecule has 2 aliphatic heterocycles. The number of carbonyl (C=O) groups excluding carboxylic acids is 1. The minimum Gasteiger partial charge on any atom is -0.492 e. The minimum atomic E-state index is -3.75. The molecule has 0 aliphatic carbocycles. The second-order valence-corrected chi connectivity index (χ2v) is 9.62. The van der Waals surface area contributed by atoms with E-state index in [0.29, 0.717) is 63.2 Å². The highest BCUT2D eigenvalue weighted by Crippen LogP contribution is 2.30. The molecule has 1 N–H and O–H groups in total. The molecule has 0 saturated carbocycles. The number of nitrogens with zero attached hydrogens (tertiary/aromatic N) is 2. The van der Waals surface area contributed by atoms with Crippen molar-refractivity contribution in [3.8, 4) is 5.75 Å². The summed E-state index contributed by atoms with van der Waals surface area (Å²) >= 11 is 0. The third-order valence-electron chi connectivity index (χ3n) is 5.61. The third kappa shape index (κ3) is 5.30. The van der Waals surface area contributed by atoms with Crippen LogP contribution in [-0.4, -0.2) is 77.8 Å². The molecule has 2 aromatic carbocycles. The van der Waals surface area contributed by atoms with E-state index in [1.54, 1.807) is 30.3 Å². The SMILES string of the molecule is CCOc1ccccc1NC(=O)c1cc(S(=O)(=O)N2CCOCC2)ccc1N1CCOCC1. The van der Waals surface area contributed by atoms with Crippen LogP contribution in [-0.2, 0) is 19.5 Å². The van der Waals surface area contributed by atoms with E-state index in [9.17, 15) is 13.2 Å². The highest BCUT2D eigenvalue weighted by molar-refractivity contribution is 7.89. The van der Waals surface area contributed by atoms with Crippen LogP contribution in [0.3, 0.4) is 0 Å². The molecule has 0 radical (unpaired) electrons. The summed E-state index contributed by atoms with van der Waals surface area (Å²) in [5.41, 5.74) is 1.49. The zero-order valence-electron chi connectivity index (χ0n) is 18.7. The number of ether oxygens (including phenoxy) is 3. The second-order valence-electron chi connectivity index (χ2n) is 7.68. The van der Waals surface area contributed by atoms with E-state index in [1.165, 1.54) is 10.4 Å². The number of hydrogen-bond donors (Lipinski definition) is 1. The van der Waals surface area contributed by atoms with Crippen molar-refractivity contribution >= 4 is 27.3 Å². The lowest BCUT2D eigenvalue weighted by atomic mass is 10.1. The zero-order chi connectivity index (χ0) is 23.3. The van der Waals surface area contributed by atoms with Gasteiger partial charge in [0.15, 0.2) is 0 Å². The summed E-state index contributed by atoms with van der Waals surface area (Å²) in [6.07, 6.45) is 0. The molecule has 2 fully saturated rings. The van der Waals surface area contributed by atoms with Crippen LogP contribution in [0.2, 0.25) is 0 Å². The summed E-state index contributed by atoms with van der Waals surface area (Å²) in [5.74, 6) is 0.154. The summed E-state index contributed by atoms with van der Waals surface area (Å²) in [6.45, 7) is 5.93. The highest BCUT2D eigenvalue weighted by Gasteiger charge is 2.29. The van der Waals surface area contributed by atoms with Gasteiger partial charge in [0.1, 0.15) is 5.75 Å². The molecule has 0 aromatic heterocycles. The predicted octanol–water partition coefficient (Wildman–Crippen LogP) is 2.20. The Morgan fingerprint density at radius 2 is 1.67 bits per heavy atom. The van der Waals surface area contributed by atoms with Crippen molar-refractivity contribution in [1.29, 1.82) is 0 Å². The number of nitrogens with one attached hydrogen (secondary N) is 1. The van der Waals surface area contributed by atoms with E-state index in [4.69, 9.17) is 14.2 Å². The van der Waals surface area contributed by atoms with Gasteiger partial charge in [0.05, 0.1) is 49.2 Å². The molecular weight excluding hydrogens is 446 g/mol. The first-order valence-electron chi connectivity index (χ1n) is 11.1. The quantitative estimate of drug-likeness (QED) is 0.656. The first-order chi connectivity index (χ1) is 16.0. The molecule has 4 rings (SSSR count). The minimum absolute atomic E-state index is 0.0876. The van der Waals surface area contributed by atoms with Crippen molar-refractivity contribution in [1.82, 2.24) is 4.31 Å². The Labute approximate surface area is 194 Å². The molecule has 2 aliphatic rings. The van der Waals surface area contributed by atoms with Gasteiger partial charge in [0.2, 0.25) is 10.0 Å². The summed E-state index contributed by atoms with van der Waals surface area (Å²) in [7, 11) is -3.75. The van der Waals surface area contributed by atoms with Gasteiger partial charge in [-0.1, -0.05) is 12.1 Å². The first kappa shape index (κ1) is 23.5. The van der Waals surface area contributed by atoms with Gasteiger partial charge in [-0.3, -0.25) is 4.79 Å². The molecular formula is C23H29N3O6S. The van der Waals surface area contributed by atoms with Crippen LogP contribution >= 0.6 is 0 Å². The molecule has 0 bridgehead atoms. The van der Waals surface area contributed by atoms with E-state index >= 15 is 0 Å². The molecule has 0 atom stereocenters. The van der Waals surface area contributed by atoms with Gasteiger partial charge in [-0.2, -0.15) is 4.31 Å². The van der Waals surface area contributed by atoms with Crippen molar-refractivity contribution in [3.05, 3.63) is 48.0 Å². The maximum absolute atomic E-state index is 13.4. The van der Waals surface area contributed by atoms with Gasteiger partial charge < -0.3 is 24.4 Å². The molecule has 0 spiro atoms. The van der Waals surface area contributed by atoms with Crippen molar-refractivity contribution in [2.45, 2.75) is 11.8 Å². The van der Waals surface area contributed by atoms with Gasteiger partial charge >= 0.3 is 0 Å². The standard InChI is InChI=1S/C23H29N3O6S/c1-2-32-22-6-4-3-5-20(22)24-23(27)19-17-18(33(28,29)26-11-15-31-16-12-26)7-8-21(19)25-9-13-30-14-10-25/h3-8,17H,2,9-16H2,1H3,(H,24,27). The number of para-hydroxylation sites is 2. The lowest BCUT2D eigenvalue weighted by Gasteiger charge is -2.31. The Kier molecular flexibility index (Phi) is 7.49. The maximum Gasteiger partial charge on any atom is 0.257 e. The Morgan fingerprint density at radius 3 is 2.36 bits per heavy atom. The topological polar surface area (TPSA) is 97.4 Å². The lowest BCUT2D eigenvalue weighted by Crippen LogP contribution is -2.41. The van der Waals surface area contributed by atoms with E-state index in [2.05, 4.69) is 5.32 Å². The van der Waals surface area contributed by atoms with Crippen LogP contribution in [0.1, 0.15) is 17.3 Å². The van der Waals surface area contributed by atoms with Crippen molar-refractivity contribution in [2.24, 2.45) is 0 Å². The van der Waals surface area contributed by atoms with E-state index in [1.807, 2.05) is 17.9 Å². The smallest absolute Gasteiger partial charge is 0.257 e. The summed E-state index contributed by atoms with van der Waals surface area (Å²) in [4.78, 5) is 15.6.